The maximum absolute atomic E-state index is 6.12. The van der Waals surface area contributed by atoms with Crippen molar-refractivity contribution < 1.29 is 0 Å². The highest BCUT2D eigenvalue weighted by molar-refractivity contribution is 6.22. The van der Waals surface area contributed by atoms with Gasteiger partial charge in [0, 0.05) is 0 Å². The van der Waals surface area contributed by atoms with Crippen LogP contribution < -0.4 is 0 Å². The van der Waals surface area contributed by atoms with Gasteiger partial charge in [-0.2, -0.15) is 0 Å². The molecule has 0 nitrogen and oxygen atoms in total. The zero-order chi connectivity index (χ0) is 11.7. The van der Waals surface area contributed by atoms with Crippen molar-refractivity contribution in [3.05, 3.63) is 59.7 Å². The summed E-state index contributed by atoms with van der Waals surface area (Å²) in [4.78, 5) is 0. The number of hydrogen-bond acceptors (Lipinski definition) is 0. The van der Waals surface area contributed by atoms with Gasteiger partial charge in [0.25, 0.3) is 0 Å². The monoisotopic (exact) mass is 242 g/mol. The summed E-state index contributed by atoms with van der Waals surface area (Å²) in [6, 6.07) is 15.1. The third-order valence-electron chi connectivity index (χ3n) is 3.46. The van der Waals surface area contributed by atoms with Gasteiger partial charge in [-0.1, -0.05) is 54.1 Å². The normalized spacial score (nSPS) is 19.6. The van der Waals surface area contributed by atoms with E-state index >= 15 is 0 Å². The SMILES string of the molecule is ClC1C=C(Cc2cccc3ccccc23)CC1. The lowest BCUT2D eigenvalue weighted by molar-refractivity contribution is 0.893. The van der Waals surface area contributed by atoms with Crippen LogP contribution in [-0.4, -0.2) is 5.38 Å². The summed E-state index contributed by atoms with van der Waals surface area (Å²) >= 11 is 6.12. The smallest absolute Gasteiger partial charge is 0.0521 e. The summed E-state index contributed by atoms with van der Waals surface area (Å²) in [5.74, 6) is 0. The maximum Gasteiger partial charge on any atom is 0.0521 e. The number of hydrogen-bond donors (Lipinski definition) is 0. The van der Waals surface area contributed by atoms with Crippen molar-refractivity contribution >= 4 is 22.4 Å². The maximum atomic E-state index is 6.12. The second kappa shape index (κ2) is 4.54. The molecule has 0 saturated carbocycles. The molecule has 1 aliphatic rings. The Morgan fingerprint density at radius 2 is 1.88 bits per heavy atom. The lowest BCUT2D eigenvalue weighted by Crippen LogP contribution is -1.89. The topological polar surface area (TPSA) is 0 Å². The lowest BCUT2D eigenvalue weighted by atomic mass is 9.98. The summed E-state index contributed by atoms with van der Waals surface area (Å²) in [5, 5.41) is 2.94. The molecule has 1 aliphatic carbocycles. The van der Waals surface area contributed by atoms with Gasteiger partial charge in [-0.3, -0.25) is 0 Å². The third-order valence-corrected chi connectivity index (χ3v) is 3.80. The van der Waals surface area contributed by atoms with E-state index in [1.54, 1.807) is 0 Å². The number of allylic oxidation sites excluding steroid dienone is 2. The van der Waals surface area contributed by atoms with Gasteiger partial charge < -0.3 is 0 Å². The van der Waals surface area contributed by atoms with Crippen LogP contribution in [0.15, 0.2) is 54.1 Å². The molecule has 0 radical (unpaired) electrons. The number of fused-ring (bicyclic) bond motifs is 1. The first-order valence-corrected chi connectivity index (χ1v) is 6.57. The van der Waals surface area contributed by atoms with Crippen molar-refractivity contribution in [1.82, 2.24) is 0 Å². The van der Waals surface area contributed by atoms with Crippen LogP contribution in [0.4, 0.5) is 0 Å². The number of benzene rings is 2. The minimum absolute atomic E-state index is 0.250. The summed E-state index contributed by atoms with van der Waals surface area (Å²) in [6.45, 7) is 0. The first-order valence-electron chi connectivity index (χ1n) is 6.13. The van der Waals surface area contributed by atoms with Crippen LogP contribution in [0.3, 0.4) is 0 Å². The van der Waals surface area contributed by atoms with Crippen LogP contribution in [0.2, 0.25) is 0 Å². The highest BCUT2D eigenvalue weighted by atomic mass is 35.5. The van der Waals surface area contributed by atoms with E-state index < -0.39 is 0 Å². The van der Waals surface area contributed by atoms with E-state index in [4.69, 9.17) is 11.6 Å². The molecule has 1 atom stereocenters. The van der Waals surface area contributed by atoms with Gasteiger partial charge in [0.1, 0.15) is 0 Å². The van der Waals surface area contributed by atoms with Crippen LogP contribution in [0.5, 0.6) is 0 Å². The van der Waals surface area contributed by atoms with Crippen LogP contribution in [-0.2, 0) is 6.42 Å². The summed E-state index contributed by atoms with van der Waals surface area (Å²) in [6.07, 6.45) is 5.52. The van der Waals surface area contributed by atoms with Crippen LogP contribution in [0, 0.1) is 0 Å². The van der Waals surface area contributed by atoms with Gasteiger partial charge in [-0.05, 0) is 35.6 Å². The fourth-order valence-electron chi connectivity index (χ4n) is 2.58. The molecule has 0 bridgehead atoms. The van der Waals surface area contributed by atoms with E-state index in [2.05, 4.69) is 48.5 Å². The Morgan fingerprint density at radius 3 is 2.71 bits per heavy atom. The number of alkyl halides is 1. The molecule has 2 aromatic rings. The van der Waals surface area contributed by atoms with E-state index in [0.29, 0.717) is 0 Å². The Labute approximate surface area is 107 Å². The summed E-state index contributed by atoms with van der Waals surface area (Å²) in [5.41, 5.74) is 2.90. The van der Waals surface area contributed by atoms with Crippen molar-refractivity contribution in [2.45, 2.75) is 24.6 Å². The Bertz CT molecular complexity index is 563. The fraction of sp³-hybridized carbons (Fsp3) is 0.250. The molecular formula is C16H15Cl. The predicted octanol–water partition coefficient (Wildman–Crippen LogP) is 4.71. The van der Waals surface area contributed by atoms with Gasteiger partial charge in [0.15, 0.2) is 0 Å². The standard InChI is InChI=1S/C16H15Cl/c17-15-9-8-12(11-15)10-14-6-3-5-13-4-1-2-7-16(13)14/h1-7,11,15H,8-10H2. The quantitative estimate of drug-likeness (QED) is 0.529. The molecule has 3 rings (SSSR count). The predicted molar refractivity (Wildman–Crippen MR) is 74.6 cm³/mol. The Morgan fingerprint density at radius 1 is 1.06 bits per heavy atom. The third kappa shape index (κ3) is 2.23. The number of halogens is 1. The van der Waals surface area contributed by atoms with Gasteiger partial charge >= 0.3 is 0 Å². The van der Waals surface area contributed by atoms with Gasteiger partial charge in [-0.25, -0.2) is 0 Å². The second-order valence-electron chi connectivity index (χ2n) is 4.69. The van der Waals surface area contributed by atoms with E-state index in [9.17, 15) is 0 Å². The molecule has 0 amide bonds. The van der Waals surface area contributed by atoms with Crippen molar-refractivity contribution in [2.24, 2.45) is 0 Å². The summed E-state index contributed by atoms with van der Waals surface area (Å²) < 4.78 is 0. The Hall–Kier alpha value is -1.27. The number of rotatable bonds is 2. The van der Waals surface area contributed by atoms with Crippen molar-refractivity contribution in [3.63, 3.8) is 0 Å². The van der Waals surface area contributed by atoms with E-state index in [-0.39, 0.29) is 5.38 Å². The fourth-order valence-corrected chi connectivity index (χ4v) is 2.87. The molecule has 1 unspecified atom stereocenters. The molecule has 86 valence electrons. The molecular weight excluding hydrogens is 228 g/mol. The van der Waals surface area contributed by atoms with Crippen molar-refractivity contribution in [1.29, 1.82) is 0 Å². The molecule has 2 aromatic carbocycles. The minimum atomic E-state index is 0.250. The van der Waals surface area contributed by atoms with E-state index in [1.165, 1.54) is 21.9 Å². The van der Waals surface area contributed by atoms with Crippen molar-refractivity contribution in [3.8, 4) is 0 Å². The van der Waals surface area contributed by atoms with E-state index in [0.717, 1.165) is 19.3 Å². The first kappa shape index (κ1) is 10.9. The molecule has 17 heavy (non-hydrogen) atoms. The van der Waals surface area contributed by atoms with Crippen LogP contribution in [0.25, 0.3) is 10.8 Å². The largest absolute Gasteiger partial charge is 0.118 e. The Kier molecular flexibility index (Phi) is 2.90. The van der Waals surface area contributed by atoms with Gasteiger partial charge in [0.2, 0.25) is 0 Å². The molecule has 0 fully saturated rings. The second-order valence-corrected chi connectivity index (χ2v) is 5.26. The lowest BCUT2D eigenvalue weighted by Gasteiger charge is -2.07. The molecule has 1 heteroatoms. The van der Waals surface area contributed by atoms with Crippen LogP contribution in [0.1, 0.15) is 18.4 Å². The zero-order valence-electron chi connectivity index (χ0n) is 9.70. The van der Waals surface area contributed by atoms with Crippen LogP contribution >= 0.6 is 11.6 Å². The minimum Gasteiger partial charge on any atom is -0.118 e. The zero-order valence-corrected chi connectivity index (χ0v) is 10.5. The Balaban J connectivity index is 1.98. The average molecular weight is 243 g/mol. The molecule has 0 saturated heterocycles. The highest BCUT2D eigenvalue weighted by Gasteiger charge is 2.13. The van der Waals surface area contributed by atoms with Gasteiger partial charge in [0.05, 0.1) is 5.38 Å². The molecule has 0 aliphatic heterocycles. The highest BCUT2D eigenvalue weighted by Crippen LogP contribution is 2.28. The molecule has 0 heterocycles. The molecule has 0 aromatic heterocycles. The first-order chi connectivity index (χ1) is 8.33. The molecule has 0 spiro atoms. The van der Waals surface area contributed by atoms with E-state index in [1.807, 2.05) is 0 Å². The van der Waals surface area contributed by atoms with Gasteiger partial charge in [-0.15, -0.1) is 11.6 Å². The molecule has 0 N–H and O–H groups in total. The van der Waals surface area contributed by atoms with Crippen molar-refractivity contribution in [2.75, 3.05) is 0 Å². The summed E-state index contributed by atoms with van der Waals surface area (Å²) in [7, 11) is 0. The average Bonchev–Trinajstić information content (AvgIpc) is 2.75.